The molecule has 0 aliphatic carbocycles. The molecule has 13 rings (SSSR count). The van der Waals surface area contributed by atoms with E-state index in [1.165, 1.54) is 0 Å². The van der Waals surface area contributed by atoms with Crippen molar-refractivity contribution in [3.05, 3.63) is 182 Å². The first kappa shape index (κ1) is 33.5. The first-order valence-electron chi connectivity index (χ1n) is 20.2. The Morgan fingerprint density at radius 3 is 1.75 bits per heavy atom. The van der Waals surface area contributed by atoms with Gasteiger partial charge in [0.25, 0.3) is 0 Å². The van der Waals surface area contributed by atoms with Crippen molar-refractivity contribution in [1.82, 2.24) is 19.9 Å². The lowest BCUT2D eigenvalue weighted by molar-refractivity contribution is 0.620. The molecule has 4 heterocycles. The van der Waals surface area contributed by atoms with Gasteiger partial charge >= 0.3 is 0 Å². The molecule has 0 bridgehead atoms. The maximum Gasteiger partial charge on any atom is 0.227 e. The Morgan fingerprint density at radius 1 is 0.311 bits per heavy atom. The summed E-state index contributed by atoms with van der Waals surface area (Å²) in [7, 11) is 0. The van der Waals surface area contributed by atoms with Crippen molar-refractivity contribution in [3.8, 4) is 56.7 Å². The second kappa shape index (κ2) is 13.0. The van der Waals surface area contributed by atoms with Crippen LogP contribution in [-0.2, 0) is 0 Å². The highest BCUT2D eigenvalue weighted by Crippen LogP contribution is 2.45. The van der Waals surface area contributed by atoms with Gasteiger partial charge in [0.1, 0.15) is 27.8 Å². The minimum atomic E-state index is 0.559. The summed E-state index contributed by atoms with van der Waals surface area (Å²) in [6.45, 7) is 0. The van der Waals surface area contributed by atoms with Crippen molar-refractivity contribution in [1.29, 1.82) is 0 Å². The molecule has 284 valence electrons. The van der Waals surface area contributed by atoms with Gasteiger partial charge in [0, 0.05) is 44.0 Å². The van der Waals surface area contributed by atoms with Crippen molar-refractivity contribution >= 4 is 76.5 Å². The number of hydrogen-bond acceptors (Lipinski definition) is 7. The predicted molar refractivity (Wildman–Crippen MR) is 244 cm³/mol. The van der Waals surface area contributed by atoms with E-state index < -0.39 is 0 Å². The molecule has 0 saturated carbocycles. The van der Waals surface area contributed by atoms with Gasteiger partial charge in [-0.2, -0.15) is 0 Å². The first-order valence-corrected chi connectivity index (χ1v) is 20.2. The average molecular weight is 783 g/mol. The van der Waals surface area contributed by atoms with E-state index in [1.807, 2.05) is 91.0 Å². The number of benzene rings is 9. The van der Waals surface area contributed by atoms with Gasteiger partial charge in [-0.05, 0) is 69.6 Å². The molecule has 0 unspecified atom stereocenters. The van der Waals surface area contributed by atoms with E-state index in [4.69, 9.17) is 33.2 Å². The molecule has 0 saturated heterocycles. The van der Waals surface area contributed by atoms with E-state index in [-0.39, 0.29) is 0 Å². The Hall–Kier alpha value is -8.42. The molecule has 0 aliphatic heterocycles. The Labute approximate surface area is 347 Å². The van der Waals surface area contributed by atoms with Gasteiger partial charge in [0.15, 0.2) is 23.1 Å². The van der Waals surface area contributed by atoms with Crippen LogP contribution in [0.5, 0.6) is 0 Å². The topological polar surface area (TPSA) is 91.0 Å². The molecule has 61 heavy (non-hydrogen) atoms. The van der Waals surface area contributed by atoms with Crippen LogP contribution in [0.25, 0.3) is 133 Å². The number of oxazole rings is 1. The van der Waals surface area contributed by atoms with Gasteiger partial charge in [0.2, 0.25) is 5.89 Å². The molecule has 0 atom stereocenters. The normalized spacial score (nSPS) is 11.9. The Bertz CT molecular complexity index is 3900. The highest BCUT2D eigenvalue weighted by molar-refractivity contribution is 6.22. The molecular weight excluding hydrogens is 753 g/mol. The summed E-state index contributed by atoms with van der Waals surface area (Å²) in [4.78, 5) is 20.7. The number of fused-ring (bicyclic) bond motifs is 10. The number of para-hydroxylation sites is 2. The van der Waals surface area contributed by atoms with E-state index in [0.717, 1.165) is 104 Å². The molecule has 0 fully saturated rings. The smallest absolute Gasteiger partial charge is 0.227 e. The summed E-state index contributed by atoms with van der Waals surface area (Å²) in [6.07, 6.45) is 0. The second-order valence-corrected chi connectivity index (χ2v) is 15.3. The SMILES string of the molecule is c1ccc(-c2nc(-c3ccc(-c4cc5oc(-c6ccc7ccccc7c6)nc5c5c4oc4ccccc45)c4ccccc34)nc(-c3cccc4oc5ccccc5c34)n2)cc1. The van der Waals surface area contributed by atoms with E-state index >= 15 is 0 Å². The van der Waals surface area contributed by atoms with Gasteiger partial charge in [-0.3, -0.25) is 0 Å². The van der Waals surface area contributed by atoms with E-state index in [9.17, 15) is 0 Å². The molecule has 13 aromatic rings. The number of furan rings is 2. The lowest BCUT2D eigenvalue weighted by atomic mass is 9.93. The van der Waals surface area contributed by atoms with Crippen LogP contribution in [0.15, 0.2) is 195 Å². The third kappa shape index (κ3) is 5.24. The monoisotopic (exact) mass is 782 g/mol. The van der Waals surface area contributed by atoms with Crippen molar-refractivity contribution in [2.24, 2.45) is 0 Å². The van der Waals surface area contributed by atoms with E-state index in [0.29, 0.717) is 28.9 Å². The van der Waals surface area contributed by atoms with E-state index in [2.05, 4.69) is 91.0 Å². The van der Waals surface area contributed by atoms with E-state index in [1.54, 1.807) is 0 Å². The van der Waals surface area contributed by atoms with Gasteiger partial charge in [-0.1, -0.05) is 140 Å². The summed E-state index contributed by atoms with van der Waals surface area (Å²) in [5, 5.41) is 8.17. The molecule has 0 radical (unpaired) electrons. The van der Waals surface area contributed by atoms with Crippen molar-refractivity contribution in [2.75, 3.05) is 0 Å². The molecule has 0 spiro atoms. The van der Waals surface area contributed by atoms with Crippen molar-refractivity contribution < 1.29 is 13.3 Å². The summed E-state index contributed by atoms with van der Waals surface area (Å²) >= 11 is 0. The summed E-state index contributed by atoms with van der Waals surface area (Å²) < 4.78 is 19.7. The van der Waals surface area contributed by atoms with Crippen LogP contribution < -0.4 is 0 Å². The molecule has 0 N–H and O–H groups in total. The largest absolute Gasteiger partial charge is 0.456 e. The summed E-state index contributed by atoms with van der Waals surface area (Å²) in [5.41, 5.74) is 10.0. The second-order valence-electron chi connectivity index (χ2n) is 15.3. The van der Waals surface area contributed by atoms with Crippen molar-refractivity contribution in [2.45, 2.75) is 0 Å². The van der Waals surface area contributed by atoms with Gasteiger partial charge < -0.3 is 13.3 Å². The number of hydrogen-bond donors (Lipinski definition) is 0. The molecule has 9 aromatic carbocycles. The number of rotatable bonds is 5. The third-order valence-electron chi connectivity index (χ3n) is 11.8. The highest BCUT2D eigenvalue weighted by atomic mass is 16.4. The first-order chi connectivity index (χ1) is 30.2. The zero-order chi connectivity index (χ0) is 40.0. The van der Waals surface area contributed by atoms with Crippen molar-refractivity contribution in [3.63, 3.8) is 0 Å². The van der Waals surface area contributed by atoms with Crippen LogP contribution in [0.4, 0.5) is 0 Å². The minimum Gasteiger partial charge on any atom is -0.456 e. The van der Waals surface area contributed by atoms with Gasteiger partial charge in [-0.25, -0.2) is 19.9 Å². The number of nitrogens with zero attached hydrogens (tertiary/aromatic N) is 4. The van der Waals surface area contributed by atoms with Crippen LogP contribution in [0, 0.1) is 0 Å². The fraction of sp³-hybridized carbons (Fsp3) is 0. The third-order valence-corrected chi connectivity index (χ3v) is 11.8. The Morgan fingerprint density at radius 2 is 0.934 bits per heavy atom. The Balaban J connectivity index is 1.03. The van der Waals surface area contributed by atoms with Gasteiger partial charge in [0.05, 0.1) is 5.39 Å². The van der Waals surface area contributed by atoms with Crippen LogP contribution in [0.3, 0.4) is 0 Å². The van der Waals surface area contributed by atoms with Crippen LogP contribution in [0.1, 0.15) is 0 Å². The lowest BCUT2D eigenvalue weighted by Crippen LogP contribution is -2.01. The molecule has 0 aliphatic rings. The maximum absolute atomic E-state index is 6.75. The fourth-order valence-corrected chi connectivity index (χ4v) is 8.94. The summed E-state index contributed by atoms with van der Waals surface area (Å²) in [6, 6.07) is 61.7. The zero-order valence-corrected chi connectivity index (χ0v) is 32.3. The number of aromatic nitrogens is 4. The fourth-order valence-electron chi connectivity index (χ4n) is 8.94. The quantitative estimate of drug-likeness (QED) is 0.172. The minimum absolute atomic E-state index is 0.559. The van der Waals surface area contributed by atoms with Crippen LogP contribution >= 0.6 is 0 Å². The standard InChI is InChI=1S/C54H30N4O3/c1-2-14-32(15-3-1)51-56-52(58-53(57-51)41-21-12-24-45-47(41)39-19-8-10-22-43(39)59-45)38-28-27-37(35-17-6-7-18-36(35)38)42-30-46-49(48-40-20-9-11-23-44(40)60-50(42)48)55-54(61-46)34-26-25-31-13-4-5-16-33(31)29-34/h1-30H. The molecular formula is C54H30N4O3. The predicted octanol–water partition coefficient (Wildman–Crippen LogP) is 14.5. The highest BCUT2D eigenvalue weighted by Gasteiger charge is 2.24. The molecule has 0 amide bonds. The van der Waals surface area contributed by atoms with Crippen LogP contribution in [0.2, 0.25) is 0 Å². The maximum atomic E-state index is 6.75. The van der Waals surface area contributed by atoms with Gasteiger partial charge in [-0.15, -0.1) is 0 Å². The molecule has 7 heteroatoms. The summed E-state index contributed by atoms with van der Waals surface area (Å²) in [5.74, 6) is 2.27. The average Bonchev–Trinajstić information content (AvgIpc) is 4.05. The molecule has 7 nitrogen and oxygen atoms in total. The lowest BCUT2D eigenvalue weighted by Gasteiger charge is -2.13. The van der Waals surface area contributed by atoms with Crippen LogP contribution in [-0.4, -0.2) is 19.9 Å². The zero-order valence-electron chi connectivity index (χ0n) is 32.3. The Kier molecular flexibility index (Phi) is 7.17. The molecule has 4 aromatic heterocycles.